The molecule has 0 saturated carbocycles. The number of pyridine rings is 1. The molecule has 58 heavy (non-hydrogen) atoms. The van der Waals surface area contributed by atoms with Crippen molar-refractivity contribution in [3.05, 3.63) is 137 Å². The molecule has 3 aromatic carbocycles. The van der Waals surface area contributed by atoms with Crippen LogP contribution in [0.4, 0.5) is 11.4 Å². The molecule has 2 aromatic heterocycles. The summed E-state index contributed by atoms with van der Waals surface area (Å²) in [7, 11) is 1.68. The first-order chi connectivity index (χ1) is 27.9. The maximum Gasteiger partial charge on any atom is 0.335 e. The molecule has 2 heterocycles. The number of hydrogen-bond donors (Lipinski definition) is 4. The average Bonchev–Trinajstić information content (AvgIpc) is 3.77. The number of nitrogens with one attached hydrogen (secondary N) is 2. The summed E-state index contributed by atoms with van der Waals surface area (Å²) in [5.41, 5.74) is 4.31. The number of carbonyl (C=O) groups excluding carboxylic acids is 3. The normalized spacial score (nSPS) is 11.1. The smallest absolute Gasteiger partial charge is 0.335 e. The van der Waals surface area contributed by atoms with Crippen LogP contribution in [0.15, 0.2) is 103 Å². The van der Waals surface area contributed by atoms with Crippen molar-refractivity contribution in [3.8, 4) is 5.82 Å². The lowest BCUT2D eigenvalue weighted by Gasteiger charge is -2.32. The Morgan fingerprint density at radius 3 is 2.05 bits per heavy atom. The fraction of sp³-hybridized carbons (Fsp3) is 0.295. The number of aliphatic carboxylic acids is 1. The van der Waals surface area contributed by atoms with Crippen molar-refractivity contribution < 1.29 is 34.2 Å². The number of carbonyl (C=O) groups is 5. The van der Waals surface area contributed by atoms with E-state index in [1.54, 1.807) is 85.0 Å². The van der Waals surface area contributed by atoms with Gasteiger partial charge in [0.15, 0.2) is 11.5 Å². The first-order valence-corrected chi connectivity index (χ1v) is 19.3. The number of aryl methyl sites for hydroxylation is 2. The van der Waals surface area contributed by atoms with E-state index in [2.05, 4.69) is 39.5 Å². The molecule has 3 amide bonds. The maximum absolute atomic E-state index is 13.8. The van der Waals surface area contributed by atoms with E-state index in [-0.39, 0.29) is 41.7 Å². The summed E-state index contributed by atoms with van der Waals surface area (Å²) in [6.07, 6.45) is 6.24. The summed E-state index contributed by atoms with van der Waals surface area (Å²) >= 11 is 0. The van der Waals surface area contributed by atoms with E-state index in [0.29, 0.717) is 36.7 Å². The van der Waals surface area contributed by atoms with Gasteiger partial charge in [-0.05, 0) is 97.0 Å². The number of carboxylic acid groups (broad SMARTS) is 2. The molecule has 0 fully saturated rings. The van der Waals surface area contributed by atoms with Crippen LogP contribution < -0.4 is 10.6 Å². The first kappa shape index (κ1) is 42.5. The second-order valence-electron chi connectivity index (χ2n) is 14.0. The van der Waals surface area contributed by atoms with Gasteiger partial charge in [0, 0.05) is 62.8 Å². The molecule has 0 saturated heterocycles. The highest BCUT2D eigenvalue weighted by atomic mass is 16.4. The van der Waals surface area contributed by atoms with Gasteiger partial charge >= 0.3 is 11.9 Å². The molecule has 302 valence electrons. The zero-order valence-electron chi connectivity index (χ0n) is 32.9. The lowest BCUT2D eigenvalue weighted by Crippen LogP contribution is -2.41. The van der Waals surface area contributed by atoms with Gasteiger partial charge in [-0.2, -0.15) is 5.10 Å². The number of aromatic nitrogens is 3. The molecule has 0 atom stereocenters. The zero-order chi connectivity index (χ0) is 41.6. The third-order valence-corrected chi connectivity index (χ3v) is 9.93. The van der Waals surface area contributed by atoms with E-state index in [1.807, 2.05) is 30.3 Å². The fourth-order valence-electron chi connectivity index (χ4n) is 6.55. The van der Waals surface area contributed by atoms with Crippen molar-refractivity contribution in [2.75, 3.05) is 30.8 Å². The van der Waals surface area contributed by atoms with Gasteiger partial charge < -0.3 is 25.7 Å². The average molecular weight is 788 g/mol. The highest BCUT2D eigenvalue weighted by Crippen LogP contribution is 2.22. The van der Waals surface area contributed by atoms with E-state index in [0.717, 1.165) is 42.4 Å². The Morgan fingerprint density at radius 1 is 0.741 bits per heavy atom. The largest absolute Gasteiger partial charge is 0.481 e. The van der Waals surface area contributed by atoms with Gasteiger partial charge in [-0.15, -0.1) is 0 Å². The van der Waals surface area contributed by atoms with Crippen molar-refractivity contribution >= 4 is 41.0 Å². The van der Waals surface area contributed by atoms with Gasteiger partial charge in [0.2, 0.25) is 5.91 Å². The number of likely N-dealkylation sites (N-methyl/N-ethyl adjacent to an activating group) is 1. The second kappa shape index (κ2) is 20.5. The number of rotatable bonds is 20. The lowest BCUT2D eigenvalue weighted by atomic mass is 10.0. The van der Waals surface area contributed by atoms with Gasteiger partial charge in [0.1, 0.15) is 0 Å². The summed E-state index contributed by atoms with van der Waals surface area (Å²) in [6.45, 7) is 5.74. The predicted molar refractivity (Wildman–Crippen MR) is 220 cm³/mol. The zero-order valence-corrected chi connectivity index (χ0v) is 32.9. The topological polar surface area (TPSA) is 187 Å². The summed E-state index contributed by atoms with van der Waals surface area (Å²) in [5, 5.41) is 28.1. The molecule has 0 aliphatic carbocycles. The molecule has 0 unspecified atom stereocenters. The van der Waals surface area contributed by atoms with Gasteiger partial charge in [0.25, 0.3) is 11.8 Å². The van der Waals surface area contributed by atoms with E-state index in [1.165, 1.54) is 4.68 Å². The van der Waals surface area contributed by atoms with Crippen LogP contribution >= 0.6 is 0 Å². The first-order valence-electron chi connectivity index (χ1n) is 19.3. The van der Waals surface area contributed by atoms with E-state index >= 15 is 0 Å². The number of anilines is 2. The number of hydrogen-bond acceptors (Lipinski definition) is 8. The molecule has 0 spiro atoms. The highest BCUT2D eigenvalue weighted by molar-refractivity contribution is 6.11. The van der Waals surface area contributed by atoms with Crippen LogP contribution in [0.3, 0.4) is 0 Å². The summed E-state index contributed by atoms with van der Waals surface area (Å²) in [4.78, 5) is 70.6. The van der Waals surface area contributed by atoms with Crippen molar-refractivity contribution in [2.24, 2.45) is 0 Å². The van der Waals surface area contributed by atoms with E-state index in [9.17, 15) is 24.0 Å². The minimum Gasteiger partial charge on any atom is -0.481 e. The second-order valence-corrected chi connectivity index (χ2v) is 14.0. The van der Waals surface area contributed by atoms with Crippen LogP contribution in [0.2, 0.25) is 0 Å². The number of nitrogens with zero attached hydrogens (tertiary/aromatic N) is 5. The Labute approximate surface area is 337 Å². The van der Waals surface area contributed by atoms with E-state index < -0.39 is 23.8 Å². The van der Waals surface area contributed by atoms with Crippen LogP contribution in [0, 0.1) is 0 Å². The molecular weight excluding hydrogens is 739 g/mol. The van der Waals surface area contributed by atoms with Crippen LogP contribution in [0.25, 0.3) is 5.82 Å². The minimum atomic E-state index is -1.01. The van der Waals surface area contributed by atoms with Gasteiger partial charge in [-0.25, -0.2) is 14.5 Å². The van der Waals surface area contributed by atoms with Crippen molar-refractivity contribution in [3.63, 3.8) is 0 Å². The Bertz CT molecular complexity index is 2180. The molecule has 14 nitrogen and oxygen atoms in total. The van der Waals surface area contributed by atoms with Gasteiger partial charge in [-0.1, -0.05) is 50.2 Å². The predicted octanol–water partition coefficient (Wildman–Crippen LogP) is 6.57. The molecule has 0 aliphatic heterocycles. The third-order valence-electron chi connectivity index (χ3n) is 9.93. The van der Waals surface area contributed by atoms with Crippen LogP contribution in [-0.4, -0.2) is 90.6 Å². The highest BCUT2D eigenvalue weighted by Gasteiger charge is 2.21. The van der Waals surface area contributed by atoms with Gasteiger partial charge in [0.05, 0.1) is 17.7 Å². The number of amides is 3. The fourth-order valence-corrected chi connectivity index (χ4v) is 6.55. The van der Waals surface area contributed by atoms with Crippen LogP contribution in [-0.2, 0) is 29.0 Å². The van der Waals surface area contributed by atoms with Crippen LogP contribution in [0.5, 0.6) is 0 Å². The molecule has 0 aliphatic rings. The standard InChI is InChI=1S/C44H49N7O7/c1-4-36(5-2)50(27-26-49(3)39(52)22-23-40(53)54)29-32-8-6-9-34(28-32)42(55)47-37-20-21-38(51-25-7-24-45-51)48-41(37)43(56)46-35-18-14-31(15-19-35)11-10-30-12-16-33(17-13-30)44(57)58/h6-9,12-21,24-25,28,36H,4-5,10-11,22-23,26-27,29H2,1-3H3,(H,46,56)(H,47,55)(H,53,54)(H,57,58). The van der Waals surface area contributed by atoms with Crippen molar-refractivity contribution in [1.82, 2.24) is 24.6 Å². The van der Waals surface area contributed by atoms with Crippen LogP contribution in [0.1, 0.15) is 87.4 Å². The minimum absolute atomic E-state index is 0.00619. The number of carboxylic acids is 2. The molecule has 0 bridgehead atoms. The van der Waals surface area contributed by atoms with Gasteiger partial charge in [-0.3, -0.25) is 24.1 Å². The summed E-state index contributed by atoms with van der Waals surface area (Å²) < 4.78 is 1.52. The van der Waals surface area contributed by atoms with Crippen molar-refractivity contribution in [1.29, 1.82) is 0 Å². The third kappa shape index (κ3) is 11.9. The SMILES string of the molecule is CCC(CC)N(CCN(C)C(=O)CCC(=O)O)Cc1cccc(C(=O)Nc2ccc(-n3cccn3)nc2C(=O)Nc2ccc(CCc3ccc(C(=O)O)cc3)cc2)c1. The Morgan fingerprint density at radius 2 is 1.43 bits per heavy atom. The molecular formula is C44H49N7O7. The summed E-state index contributed by atoms with van der Waals surface area (Å²) in [6, 6.07) is 26.7. The Hall–Kier alpha value is -6.67. The number of aromatic carboxylic acids is 1. The van der Waals surface area contributed by atoms with E-state index in [4.69, 9.17) is 10.2 Å². The molecule has 0 radical (unpaired) electrons. The molecule has 5 rings (SSSR count). The summed E-state index contributed by atoms with van der Waals surface area (Å²) in [5.74, 6) is -2.77. The quantitative estimate of drug-likeness (QED) is 0.0672. The van der Waals surface area contributed by atoms with Crippen molar-refractivity contribution in [2.45, 2.75) is 65.0 Å². The Balaban J connectivity index is 1.28. The molecule has 14 heteroatoms. The lowest BCUT2D eigenvalue weighted by molar-refractivity contribution is -0.140. The maximum atomic E-state index is 13.8. The Kier molecular flexibility index (Phi) is 15.0. The molecule has 5 aromatic rings. The monoisotopic (exact) mass is 787 g/mol. The number of benzene rings is 3. The molecule has 4 N–H and O–H groups in total.